The fraction of sp³-hybridized carbons (Fsp3) is 0.357. The van der Waals surface area contributed by atoms with Crippen LogP contribution in [-0.2, 0) is 13.1 Å². The highest BCUT2D eigenvalue weighted by Gasteiger charge is 2.10. The van der Waals surface area contributed by atoms with E-state index in [1.807, 2.05) is 25.3 Å². The molecule has 0 saturated carbocycles. The van der Waals surface area contributed by atoms with Crippen molar-refractivity contribution in [2.75, 3.05) is 14.2 Å². The molecule has 0 atom stereocenters. The molecule has 2 rings (SSSR count). The van der Waals surface area contributed by atoms with Crippen molar-refractivity contribution in [2.24, 2.45) is 0 Å². The van der Waals surface area contributed by atoms with Gasteiger partial charge in [0.25, 0.3) is 0 Å². The Labute approximate surface area is 127 Å². The molecule has 0 unspecified atom stereocenters. The minimum atomic E-state index is 0.553. The standard InChI is InChI=1S/C14H17ClN2O2S/c1-9-17-8-11(20-9)7-16-6-10-4-12(15)14(19-3)13(5-10)18-2/h4-5,8,16H,6-7H2,1-3H3. The number of methoxy groups -OCH3 is 2. The maximum atomic E-state index is 6.17. The first-order chi connectivity index (χ1) is 9.63. The minimum Gasteiger partial charge on any atom is -0.493 e. The molecule has 2 aromatic rings. The van der Waals surface area contributed by atoms with Crippen LogP contribution in [-0.4, -0.2) is 19.2 Å². The summed E-state index contributed by atoms with van der Waals surface area (Å²) in [6.07, 6.45) is 1.90. The van der Waals surface area contributed by atoms with Crippen molar-refractivity contribution in [1.82, 2.24) is 10.3 Å². The molecular formula is C14H17ClN2O2S. The van der Waals surface area contributed by atoms with Crippen molar-refractivity contribution < 1.29 is 9.47 Å². The van der Waals surface area contributed by atoms with Crippen LogP contribution in [0.2, 0.25) is 5.02 Å². The fourth-order valence-electron chi connectivity index (χ4n) is 1.89. The Balaban J connectivity index is 2.01. The van der Waals surface area contributed by atoms with E-state index >= 15 is 0 Å². The molecule has 0 spiro atoms. The largest absolute Gasteiger partial charge is 0.493 e. The Morgan fingerprint density at radius 3 is 2.65 bits per heavy atom. The van der Waals surface area contributed by atoms with E-state index in [-0.39, 0.29) is 0 Å². The van der Waals surface area contributed by atoms with Crippen LogP contribution >= 0.6 is 22.9 Å². The average molecular weight is 313 g/mol. The molecule has 0 aliphatic rings. The number of hydrogen-bond donors (Lipinski definition) is 1. The Bertz CT molecular complexity index is 587. The van der Waals surface area contributed by atoms with Crippen LogP contribution in [0.25, 0.3) is 0 Å². The van der Waals surface area contributed by atoms with E-state index in [1.165, 1.54) is 4.88 Å². The third-order valence-electron chi connectivity index (χ3n) is 2.79. The second-order valence-electron chi connectivity index (χ2n) is 4.26. The zero-order chi connectivity index (χ0) is 14.5. The van der Waals surface area contributed by atoms with Gasteiger partial charge in [-0.2, -0.15) is 0 Å². The van der Waals surface area contributed by atoms with Crippen LogP contribution in [0.1, 0.15) is 15.4 Å². The van der Waals surface area contributed by atoms with Gasteiger partial charge in [-0.1, -0.05) is 11.6 Å². The Morgan fingerprint density at radius 1 is 1.25 bits per heavy atom. The summed E-state index contributed by atoms with van der Waals surface area (Å²) in [6, 6.07) is 3.81. The predicted octanol–water partition coefficient (Wildman–Crippen LogP) is 3.41. The third kappa shape index (κ3) is 3.62. The Kier molecular flexibility index (Phi) is 5.23. The molecule has 0 bridgehead atoms. The monoisotopic (exact) mass is 312 g/mol. The molecule has 0 amide bonds. The van der Waals surface area contributed by atoms with Crippen LogP contribution in [0, 0.1) is 6.92 Å². The number of hydrogen-bond acceptors (Lipinski definition) is 5. The number of aromatic nitrogens is 1. The first kappa shape index (κ1) is 15.1. The van der Waals surface area contributed by atoms with E-state index in [1.54, 1.807) is 25.6 Å². The van der Waals surface area contributed by atoms with Crippen LogP contribution in [0.15, 0.2) is 18.3 Å². The van der Waals surface area contributed by atoms with Gasteiger partial charge in [0.2, 0.25) is 0 Å². The molecule has 0 fully saturated rings. The van der Waals surface area contributed by atoms with Crippen LogP contribution in [0.4, 0.5) is 0 Å². The maximum absolute atomic E-state index is 6.17. The van der Waals surface area contributed by atoms with E-state index < -0.39 is 0 Å². The highest BCUT2D eigenvalue weighted by molar-refractivity contribution is 7.11. The first-order valence-corrected chi connectivity index (χ1v) is 7.36. The lowest BCUT2D eigenvalue weighted by molar-refractivity contribution is 0.354. The third-order valence-corrected chi connectivity index (χ3v) is 3.98. The van der Waals surface area contributed by atoms with Gasteiger partial charge in [0.05, 0.1) is 24.2 Å². The van der Waals surface area contributed by atoms with Crippen molar-refractivity contribution in [1.29, 1.82) is 0 Å². The molecule has 0 radical (unpaired) electrons. The summed E-state index contributed by atoms with van der Waals surface area (Å²) < 4.78 is 10.5. The SMILES string of the molecule is COc1cc(CNCc2cnc(C)s2)cc(Cl)c1OC. The van der Waals surface area contributed by atoms with Crippen molar-refractivity contribution in [3.05, 3.63) is 38.8 Å². The molecule has 1 aromatic carbocycles. The highest BCUT2D eigenvalue weighted by atomic mass is 35.5. The van der Waals surface area contributed by atoms with Gasteiger partial charge in [0.1, 0.15) is 0 Å². The van der Waals surface area contributed by atoms with Gasteiger partial charge in [-0.05, 0) is 24.6 Å². The number of nitrogens with one attached hydrogen (secondary N) is 1. The quantitative estimate of drug-likeness (QED) is 0.887. The maximum Gasteiger partial charge on any atom is 0.179 e. The number of halogens is 1. The fourth-order valence-corrected chi connectivity index (χ4v) is 2.97. The van der Waals surface area contributed by atoms with E-state index in [0.29, 0.717) is 23.1 Å². The predicted molar refractivity (Wildman–Crippen MR) is 82.0 cm³/mol. The summed E-state index contributed by atoms with van der Waals surface area (Å²) in [5.74, 6) is 1.21. The van der Waals surface area contributed by atoms with Crippen molar-refractivity contribution in [3.63, 3.8) is 0 Å². The van der Waals surface area contributed by atoms with Gasteiger partial charge in [-0.3, -0.25) is 0 Å². The molecule has 0 aliphatic carbocycles. The van der Waals surface area contributed by atoms with E-state index in [9.17, 15) is 0 Å². The van der Waals surface area contributed by atoms with E-state index in [4.69, 9.17) is 21.1 Å². The summed E-state index contributed by atoms with van der Waals surface area (Å²) in [7, 11) is 3.18. The second-order valence-corrected chi connectivity index (χ2v) is 5.99. The summed E-state index contributed by atoms with van der Waals surface area (Å²) in [5.41, 5.74) is 1.05. The van der Waals surface area contributed by atoms with E-state index in [2.05, 4.69) is 10.3 Å². The molecule has 0 saturated heterocycles. The normalized spacial score (nSPS) is 10.6. The van der Waals surface area contributed by atoms with Crippen LogP contribution in [0.3, 0.4) is 0 Å². The molecule has 20 heavy (non-hydrogen) atoms. The van der Waals surface area contributed by atoms with Crippen LogP contribution < -0.4 is 14.8 Å². The highest BCUT2D eigenvalue weighted by Crippen LogP contribution is 2.35. The van der Waals surface area contributed by atoms with Crippen LogP contribution in [0.5, 0.6) is 11.5 Å². The summed E-state index contributed by atoms with van der Waals surface area (Å²) in [4.78, 5) is 5.44. The zero-order valence-corrected chi connectivity index (χ0v) is 13.3. The lowest BCUT2D eigenvalue weighted by Crippen LogP contribution is -2.12. The van der Waals surface area contributed by atoms with Gasteiger partial charge in [-0.25, -0.2) is 4.98 Å². The first-order valence-electron chi connectivity index (χ1n) is 6.16. The Morgan fingerprint density at radius 2 is 2.05 bits per heavy atom. The van der Waals surface area contributed by atoms with Crippen molar-refractivity contribution in [3.8, 4) is 11.5 Å². The number of rotatable bonds is 6. The lowest BCUT2D eigenvalue weighted by Gasteiger charge is -2.12. The van der Waals surface area contributed by atoms with Crippen molar-refractivity contribution in [2.45, 2.75) is 20.0 Å². The molecular weight excluding hydrogens is 296 g/mol. The molecule has 108 valence electrons. The minimum absolute atomic E-state index is 0.553. The number of aryl methyl sites for hydroxylation is 1. The molecule has 1 heterocycles. The van der Waals surface area contributed by atoms with E-state index in [0.717, 1.165) is 17.1 Å². The number of ether oxygens (including phenoxy) is 2. The molecule has 1 N–H and O–H groups in total. The van der Waals surface area contributed by atoms with Crippen molar-refractivity contribution >= 4 is 22.9 Å². The Hall–Kier alpha value is -1.30. The summed E-state index contributed by atoms with van der Waals surface area (Å²) in [6.45, 7) is 3.50. The zero-order valence-electron chi connectivity index (χ0n) is 11.7. The van der Waals surface area contributed by atoms with Gasteiger partial charge in [0.15, 0.2) is 11.5 Å². The smallest absolute Gasteiger partial charge is 0.179 e. The number of nitrogens with zero attached hydrogens (tertiary/aromatic N) is 1. The van der Waals surface area contributed by atoms with Gasteiger partial charge < -0.3 is 14.8 Å². The molecule has 6 heteroatoms. The number of thiazole rings is 1. The molecule has 0 aliphatic heterocycles. The summed E-state index contributed by atoms with van der Waals surface area (Å²) in [5, 5.41) is 5.00. The number of benzene rings is 1. The molecule has 4 nitrogen and oxygen atoms in total. The van der Waals surface area contributed by atoms with Gasteiger partial charge in [0, 0.05) is 24.2 Å². The van der Waals surface area contributed by atoms with Gasteiger partial charge in [-0.15, -0.1) is 11.3 Å². The average Bonchev–Trinajstić information content (AvgIpc) is 2.83. The summed E-state index contributed by atoms with van der Waals surface area (Å²) >= 11 is 7.87. The second kappa shape index (κ2) is 6.92. The lowest BCUT2D eigenvalue weighted by atomic mass is 10.2. The topological polar surface area (TPSA) is 43.4 Å². The van der Waals surface area contributed by atoms with Gasteiger partial charge >= 0.3 is 0 Å². The molecule has 1 aromatic heterocycles.